The first kappa shape index (κ1) is 20.7. The van der Waals surface area contributed by atoms with Crippen molar-refractivity contribution in [3.63, 3.8) is 0 Å². The zero-order chi connectivity index (χ0) is 23.2. The van der Waals surface area contributed by atoms with Gasteiger partial charge in [-0.1, -0.05) is 0 Å². The van der Waals surface area contributed by atoms with Gasteiger partial charge in [0.15, 0.2) is 5.82 Å². The lowest BCUT2D eigenvalue weighted by Gasteiger charge is -2.32. The number of pyridine rings is 1. The van der Waals surface area contributed by atoms with Crippen LogP contribution >= 0.6 is 0 Å². The summed E-state index contributed by atoms with van der Waals surface area (Å²) >= 11 is 0. The molecular weight excluding hydrogens is 434 g/mol. The number of ether oxygens (including phenoxy) is 1. The monoisotopic (exact) mass is 461 g/mol. The molecule has 0 radical (unpaired) electrons. The lowest BCUT2D eigenvalue weighted by molar-refractivity contribution is -0.130. The van der Waals surface area contributed by atoms with Crippen LogP contribution in [0.2, 0.25) is 0 Å². The van der Waals surface area contributed by atoms with Crippen molar-refractivity contribution < 1.29 is 9.53 Å². The van der Waals surface area contributed by atoms with Crippen molar-refractivity contribution in [1.82, 2.24) is 29.6 Å². The molecule has 11 heteroatoms. The van der Waals surface area contributed by atoms with E-state index in [2.05, 4.69) is 37.5 Å². The second-order valence-corrected chi connectivity index (χ2v) is 8.93. The van der Waals surface area contributed by atoms with Crippen molar-refractivity contribution in [2.75, 3.05) is 48.8 Å². The number of likely N-dealkylation sites (N-methyl/N-ethyl adjacent to an activating group) is 1. The fourth-order valence-corrected chi connectivity index (χ4v) is 4.72. The first-order valence-electron chi connectivity index (χ1n) is 11.6. The molecule has 11 nitrogen and oxygen atoms in total. The molecule has 6 heterocycles. The first-order valence-corrected chi connectivity index (χ1v) is 11.6. The van der Waals surface area contributed by atoms with Gasteiger partial charge in [-0.3, -0.25) is 9.48 Å². The molecule has 3 aliphatic rings. The number of hydrogen-bond acceptors (Lipinski definition) is 9. The number of amides is 1. The Kier molecular flexibility index (Phi) is 4.96. The Bertz CT molecular complexity index is 1270. The highest BCUT2D eigenvalue weighted by Gasteiger charge is 2.24. The third kappa shape index (κ3) is 3.66. The maximum absolute atomic E-state index is 12.2. The van der Waals surface area contributed by atoms with E-state index in [1.54, 1.807) is 9.58 Å². The van der Waals surface area contributed by atoms with Crippen LogP contribution < -0.4 is 20.3 Å². The Morgan fingerprint density at radius 2 is 2.06 bits per heavy atom. The molecule has 0 bridgehead atoms. The van der Waals surface area contributed by atoms with Gasteiger partial charge in [-0.2, -0.15) is 5.10 Å². The molecule has 0 saturated carbocycles. The van der Waals surface area contributed by atoms with E-state index < -0.39 is 0 Å². The van der Waals surface area contributed by atoms with E-state index in [1.807, 2.05) is 25.5 Å². The highest BCUT2D eigenvalue weighted by molar-refractivity contribution is 5.76. The highest BCUT2D eigenvalue weighted by Crippen LogP contribution is 2.36. The molecule has 3 aromatic rings. The minimum Gasteiger partial charge on any atom is -0.474 e. The molecule has 0 atom stereocenters. The number of carbonyl (C=O) groups is 1. The van der Waals surface area contributed by atoms with Crippen molar-refractivity contribution in [1.29, 1.82) is 0 Å². The largest absolute Gasteiger partial charge is 0.474 e. The predicted molar refractivity (Wildman–Crippen MR) is 127 cm³/mol. The van der Waals surface area contributed by atoms with Crippen molar-refractivity contribution in [3.05, 3.63) is 41.0 Å². The van der Waals surface area contributed by atoms with Crippen LogP contribution in [0.1, 0.15) is 22.5 Å². The molecule has 0 aromatic carbocycles. The van der Waals surface area contributed by atoms with Gasteiger partial charge in [-0.15, -0.1) is 0 Å². The zero-order valence-corrected chi connectivity index (χ0v) is 19.3. The van der Waals surface area contributed by atoms with E-state index in [9.17, 15) is 4.79 Å². The third-order valence-electron chi connectivity index (χ3n) is 6.72. The van der Waals surface area contributed by atoms with Crippen LogP contribution in [0.3, 0.4) is 0 Å². The number of hydrogen-bond donors (Lipinski definition) is 2. The molecule has 1 amide bonds. The molecular formula is C23H27N9O2. The molecule has 0 fully saturated rings. The Morgan fingerprint density at radius 1 is 1.15 bits per heavy atom. The van der Waals surface area contributed by atoms with Gasteiger partial charge in [0.1, 0.15) is 18.8 Å². The topological polar surface area (TPSA) is 113 Å². The number of rotatable bonds is 3. The van der Waals surface area contributed by atoms with Gasteiger partial charge in [0.25, 0.3) is 0 Å². The molecule has 0 unspecified atom stereocenters. The summed E-state index contributed by atoms with van der Waals surface area (Å²) in [5.74, 6) is 1.89. The minimum absolute atomic E-state index is 0.0623. The fourth-order valence-electron chi connectivity index (χ4n) is 4.72. The normalized spacial score (nSPS) is 17.2. The summed E-state index contributed by atoms with van der Waals surface area (Å²) in [4.78, 5) is 30.0. The Labute approximate surface area is 197 Å². The second-order valence-electron chi connectivity index (χ2n) is 8.93. The van der Waals surface area contributed by atoms with Crippen LogP contribution in [0.4, 0.5) is 23.1 Å². The van der Waals surface area contributed by atoms with E-state index in [0.29, 0.717) is 37.3 Å². The summed E-state index contributed by atoms with van der Waals surface area (Å²) in [6.45, 7) is 6.01. The molecule has 2 N–H and O–H groups in total. The van der Waals surface area contributed by atoms with Crippen molar-refractivity contribution in [2.45, 2.75) is 32.9 Å². The van der Waals surface area contributed by atoms with Crippen LogP contribution in [0.5, 0.6) is 5.88 Å². The minimum atomic E-state index is 0.0623. The molecule has 34 heavy (non-hydrogen) atoms. The molecule has 0 aliphatic carbocycles. The summed E-state index contributed by atoms with van der Waals surface area (Å²) in [5, 5.41) is 11.2. The lowest BCUT2D eigenvalue weighted by Crippen LogP contribution is -2.32. The van der Waals surface area contributed by atoms with Crippen LogP contribution in [0, 0.1) is 6.92 Å². The average molecular weight is 462 g/mol. The quantitative estimate of drug-likeness (QED) is 0.599. The molecule has 3 aromatic heterocycles. The molecule has 6 rings (SSSR count). The molecule has 176 valence electrons. The average Bonchev–Trinajstić information content (AvgIpc) is 3.17. The summed E-state index contributed by atoms with van der Waals surface area (Å²) in [5.41, 5.74) is 6.37. The number of nitrogens with zero attached hydrogens (tertiary/aromatic N) is 7. The van der Waals surface area contributed by atoms with Gasteiger partial charge in [-0.05, 0) is 18.9 Å². The molecule has 3 aliphatic heterocycles. The standard InChI is InChI=1S/C23H27N9O2/c1-14-18(11-25-22-21(14)24-5-8-34-22)31-7-3-15-10-26-23(27-17(15)12-31)28-19-9-16-4-6-30(2)20(33)13-32(16)29-19/h9-11,24H,3-8,12-13H2,1-2H3,(H,26,27,28,29). The summed E-state index contributed by atoms with van der Waals surface area (Å²) in [7, 11) is 1.82. The van der Waals surface area contributed by atoms with E-state index in [1.165, 1.54) is 0 Å². The van der Waals surface area contributed by atoms with E-state index >= 15 is 0 Å². The third-order valence-corrected chi connectivity index (χ3v) is 6.72. The van der Waals surface area contributed by atoms with Gasteiger partial charge in [0.05, 0.1) is 24.1 Å². The molecule has 0 spiro atoms. The summed E-state index contributed by atoms with van der Waals surface area (Å²) in [6.07, 6.45) is 5.42. The van der Waals surface area contributed by atoms with Crippen LogP contribution in [0.25, 0.3) is 0 Å². The van der Waals surface area contributed by atoms with E-state index in [0.717, 1.165) is 59.8 Å². The van der Waals surface area contributed by atoms with Gasteiger partial charge in [0.2, 0.25) is 17.7 Å². The highest BCUT2D eigenvalue weighted by atomic mass is 16.5. The maximum Gasteiger partial charge on any atom is 0.244 e. The van der Waals surface area contributed by atoms with Crippen LogP contribution in [-0.2, 0) is 30.7 Å². The van der Waals surface area contributed by atoms with Crippen molar-refractivity contribution in [2.24, 2.45) is 0 Å². The SMILES string of the molecule is Cc1c(N2CCc3cnc(Nc4cc5n(n4)CC(=O)N(C)CC5)nc3C2)cnc2c1NCCO2. The van der Waals surface area contributed by atoms with Gasteiger partial charge in [0, 0.05) is 56.6 Å². The fraction of sp³-hybridized carbons (Fsp3) is 0.435. The van der Waals surface area contributed by atoms with Gasteiger partial charge >= 0.3 is 0 Å². The summed E-state index contributed by atoms with van der Waals surface area (Å²) < 4.78 is 7.44. The number of aromatic nitrogens is 5. The number of fused-ring (bicyclic) bond motifs is 3. The van der Waals surface area contributed by atoms with Crippen LogP contribution in [-0.4, -0.2) is 68.8 Å². The zero-order valence-electron chi connectivity index (χ0n) is 19.3. The maximum atomic E-state index is 12.2. The Morgan fingerprint density at radius 3 is 2.97 bits per heavy atom. The smallest absolute Gasteiger partial charge is 0.244 e. The van der Waals surface area contributed by atoms with Gasteiger partial charge in [-0.25, -0.2) is 15.0 Å². The first-order chi connectivity index (χ1) is 16.5. The van der Waals surface area contributed by atoms with Crippen LogP contribution in [0.15, 0.2) is 18.5 Å². The van der Waals surface area contributed by atoms with E-state index in [-0.39, 0.29) is 12.5 Å². The Hall–Kier alpha value is -3.89. The summed E-state index contributed by atoms with van der Waals surface area (Å²) in [6, 6.07) is 1.97. The number of anilines is 4. The second kappa shape index (κ2) is 8.15. The van der Waals surface area contributed by atoms with Crippen molar-refractivity contribution >= 4 is 29.0 Å². The predicted octanol–water partition coefficient (Wildman–Crippen LogP) is 1.50. The Balaban J connectivity index is 1.22. The molecule has 0 saturated heterocycles. The number of nitrogens with one attached hydrogen (secondary N) is 2. The lowest BCUT2D eigenvalue weighted by atomic mass is 10.0. The van der Waals surface area contributed by atoms with E-state index in [4.69, 9.17) is 9.72 Å². The van der Waals surface area contributed by atoms with Gasteiger partial charge < -0.3 is 25.2 Å². The van der Waals surface area contributed by atoms with Crippen molar-refractivity contribution in [3.8, 4) is 5.88 Å². The number of carbonyl (C=O) groups excluding carboxylic acids is 1.